The molecule has 5 heteroatoms. The molecule has 1 saturated carbocycles. The van der Waals surface area contributed by atoms with Crippen molar-refractivity contribution in [3.63, 3.8) is 0 Å². The Bertz CT molecular complexity index is 453. The summed E-state index contributed by atoms with van der Waals surface area (Å²) in [6.07, 6.45) is 5.44. The number of halogens is 1. The monoisotopic (exact) mass is 341 g/mol. The number of hydrogen-bond donors (Lipinski definition) is 1. The summed E-state index contributed by atoms with van der Waals surface area (Å²) in [5, 5.41) is 3.04. The van der Waals surface area contributed by atoms with E-state index in [4.69, 9.17) is 4.74 Å². The lowest BCUT2D eigenvalue weighted by atomic mass is 9.75. The van der Waals surface area contributed by atoms with E-state index in [2.05, 4.69) is 52.0 Å². The first-order valence-electron chi connectivity index (χ1n) is 7.37. The fraction of sp³-hybridized carbons (Fsp3) is 0.733. The minimum Gasteiger partial charge on any atom is -0.473 e. The van der Waals surface area contributed by atoms with Gasteiger partial charge in [0.15, 0.2) is 0 Å². The normalized spacial score (nSPS) is 26.6. The summed E-state index contributed by atoms with van der Waals surface area (Å²) in [6, 6.07) is 0. The molecule has 1 N–H and O–H groups in total. The molecule has 1 aromatic rings. The van der Waals surface area contributed by atoms with Crippen LogP contribution >= 0.6 is 15.9 Å². The smallest absolute Gasteiger partial charge is 0.233 e. The van der Waals surface area contributed by atoms with Gasteiger partial charge in [-0.05, 0) is 46.5 Å². The van der Waals surface area contributed by atoms with Gasteiger partial charge in [-0.3, -0.25) is 0 Å². The lowest BCUT2D eigenvalue weighted by molar-refractivity contribution is 0.0420. The van der Waals surface area contributed by atoms with E-state index in [9.17, 15) is 0 Å². The largest absolute Gasteiger partial charge is 0.473 e. The highest BCUT2D eigenvalue weighted by Crippen LogP contribution is 2.37. The third-order valence-electron chi connectivity index (χ3n) is 4.22. The Labute approximate surface area is 129 Å². The molecule has 1 aliphatic rings. The fourth-order valence-corrected chi connectivity index (χ4v) is 3.50. The summed E-state index contributed by atoms with van der Waals surface area (Å²) in [7, 11) is 1.84. The number of rotatable bonds is 4. The van der Waals surface area contributed by atoms with Crippen LogP contribution in [-0.4, -0.2) is 23.1 Å². The van der Waals surface area contributed by atoms with Crippen molar-refractivity contribution in [2.24, 2.45) is 17.8 Å². The number of aromatic nitrogens is 2. The second kappa shape index (κ2) is 6.74. The summed E-state index contributed by atoms with van der Waals surface area (Å²) in [5.74, 6) is 3.37. The molecule has 1 heterocycles. The quantitative estimate of drug-likeness (QED) is 0.894. The van der Waals surface area contributed by atoms with Gasteiger partial charge in [0.1, 0.15) is 22.7 Å². The Morgan fingerprint density at radius 3 is 2.75 bits per heavy atom. The zero-order chi connectivity index (χ0) is 14.7. The molecule has 3 unspecified atom stereocenters. The first kappa shape index (κ1) is 15.5. The highest BCUT2D eigenvalue weighted by molar-refractivity contribution is 9.10. The Hall–Kier alpha value is -0.840. The van der Waals surface area contributed by atoms with Gasteiger partial charge in [-0.1, -0.05) is 27.2 Å². The van der Waals surface area contributed by atoms with Crippen LogP contribution in [-0.2, 0) is 0 Å². The molecule has 20 heavy (non-hydrogen) atoms. The van der Waals surface area contributed by atoms with Gasteiger partial charge in [0, 0.05) is 7.05 Å². The van der Waals surface area contributed by atoms with Crippen LogP contribution in [0.25, 0.3) is 0 Å². The van der Waals surface area contributed by atoms with Gasteiger partial charge in [-0.2, -0.15) is 0 Å². The van der Waals surface area contributed by atoms with E-state index in [0.717, 1.165) is 22.6 Å². The molecule has 0 bridgehead atoms. The summed E-state index contributed by atoms with van der Waals surface area (Å²) in [5.41, 5.74) is 0. The summed E-state index contributed by atoms with van der Waals surface area (Å²) < 4.78 is 7.04. The number of hydrogen-bond acceptors (Lipinski definition) is 4. The van der Waals surface area contributed by atoms with Gasteiger partial charge in [-0.25, -0.2) is 9.97 Å². The van der Waals surface area contributed by atoms with Crippen molar-refractivity contribution in [3.8, 4) is 5.88 Å². The lowest BCUT2D eigenvalue weighted by Gasteiger charge is -2.37. The van der Waals surface area contributed by atoms with Gasteiger partial charge in [0.2, 0.25) is 5.88 Å². The summed E-state index contributed by atoms with van der Waals surface area (Å²) in [4.78, 5) is 8.45. The van der Waals surface area contributed by atoms with Crippen LogP contribution in [0.4, 0.5) is 5.82 Å². The van der Waals surface area contributed by atoms with Crippen molar-refractivity contribution in [2.75, 3.05) is 12.4 Å². The van der Waals surface area contributed by atoms with Crippen LogP contribution in [0, 0.1) is 17.8 Å². The molecule has 0 saturated heterocycles. The molecule has 1 fully saturated rings. The third kappa shape index (κ3) is 3.43. The molecular weight excluding hydrogens is 318 g/mol. The SMILES string of the molecule is CNc1ncnc(OC2CC(C)CCC2C(C)C)c1Br. The Morgan fingerprint density at radius 1 is 1.35 bits per heavy atom. The topological polar surface area (TPSA) is 47.0 Å². The predicted octanol–water partition coefficient (Wildman–Crippen LogP) is 4.12. The first-order valence-corrected chi connectivity index (χ1v) is 8.17. The van der Waals surface area contributed by atoms with Crippen LogP contribution in [0.3, 0.4) is 0 Å². The number of anilines is 1. The van der Waals surface area contributed by atoms with Crippen molar-refractivity contribution < 1.29 is 4.74 Å². The molecular formula is C15H24BrN3O. The maximum Gasteiger partial charge on any atom is 0.233 e. The second-order valence-corrected chi connectivity index (χ2v) is 6.87. The Morgan fingerprint density at radius 2 is 2.10 bits per heavy atom. The molecule has 4 nitrogen and oxygen atoms in total. The van der Waals surface area contributed by atoms with E-state index in [1.54, 1.807) is 6.33 Å². The Kier molecular flexibility index (Phi) is 5.24. The second-order valence-electron chi connectivity index (χ2n) is 6.07. The van der Waals surface area contributed by atoms with E-state index in [1.165, 1.54) is 12.8 Å². The maximum atomic E-state index is 6.23. The van der Waals surface area contributed by atoms with Crippen LogP contribution in [0.1, 0.15) is 40.0 Å². The van der Waals surface area contributed by atoms with E-state index >= 15 is 0 Å². The molecule has 112 valence electrons. The molecule has 1 aromatic heterocycles. The minimum absolute atomic E-state index is 0.245. The van der Waals surface area contributed by atoms with Crippen molar-refractivity contribution in [1.29, 1.82) is 0 Å². The van der Waals surface area contributed by atoms with Gasteiger partial charge in [0.05, 0.1) is 0 Å². The number of nitrogens with one attached hydrogen (secondary N) is 1. The molecule has 0 aliphatic heterocycles. The fourth-order valence-electron chi connectivity index (χ4n) is 3.00. The molecule has 0 aromatic carbocycles. The van der Waals surface area contributed by atoms with E-state index < -0.39 is 0 Å². The van der Waals surface area contributed by atoms with Gasteiger partial charge < -0.3 is 10.1 Å². The van der Waals surface area contributed by atoms with E-state index in [0.29, 0.717) is 17.7 Å². The molecule has 3 atom stereocenters. The maximum absolute atomic E-state index is 6.23. The molecule has 0 amide bonds. The van der Waals surface area contributed by atoms with Crippen molar-refractivity contribution in [2.45, 2.75) is 46.1 Å². The molecule has 0 radical (unpaired) electrons. The zero-order valence-corrected chi connectivity index (χ0v) is 14.3. The highest BCUT2D eigenvalue weighted by atomic mass is 79.9. The third-order valence-corrected chi connectivity index (χ3v) is 4.93. The van der Waals surface area contributed by atoms with Gasteiger partial charge in [-0.15, -0.1) is 0 Å². The average Bonchev–Trinajstić information content (AvgIpc) is 2.41. The average molecular weight is 342 g/mol. The predicted molar refractivity (Wildman–Crippen MR) is 85.0 cm³/mol. The Balaban J connectivity index is 2.18. The first-order chi connectivity index (χ1) is 9.52. The zero-order valence-electron chi connectivity index (χ0n) is 12.7. The number of ether oxygens (including phenoxy) is 1. The van der Waals surface area contributed by atoms with Crippen molar-refractivity contribution >= 4 is 21.7 Å². The highest BCUT2D eigenvalue weighted by Gasteiger charge is 2.33. The van der Waals surface area contributed by atoms with E-state index in [-0.39, 0.29) is 6.10 Å². The minimum atomic E-state index is 0.245. The summed E-state index contributed by atoms with van der Waals surface area (Å²) in [6.45, 7) is 6.87. The summed E-state index contributed by atoms with van der Waals surface area (Å²) >= 11 is 3.53. The molecule has 0 spiro atoms. The van der Waals surface area contributed by atoms with Crippen molar-refractivity contribution in [1.82, 2.24) is 9.97 Å². The van der Waals surface area contributed by atoms with Crippen LogP contribution < -0.4 is 10.1 Å². The van der Waals surface area contributed by atoms with Crippen LogP contribution in [0.5, 0.6) is 5.88 Å². The molecule has 1 aliphatic carbocycles. The number of nitrogens with zero attached hydrogens (tertiary/aromatic N) is 2. The van der Waals surface area contributed by atoms with Gasteiger partial charge in [0.25, 0.3) is 0 Å². The molecule has 2 rings (SSSR count). The van der Waals surface area contributed by atoms with Crippen LogP contribution in [0.2, 0.25) is 0 Å². The lowest BCUT2D eigenvalue weighted by Crippen LogP contribution is -2.36. The van der Waals surface area contributed by atoms with Crippen molar-refractivity contribution in [3.05, 3.63) is 10.8 Å². The van der Waals surface area contributed by atoms with E-state index in [1.807, 2.05) is 7.05 Å². The van der Waals surface area contributed by atoms with Crippen LogP contribution in [0.15, 0.2) is 10.8 Å². The standard InChI is InChI=1S/C15H24BrN3O/c1-9(2)11-6-5-10(3)7-12(11)20-15-13(16)14(17-4)18-8-19-15/h8-12H,5-7H2,1-4H3,(H,17,18,19). The van der Waals surface area contributed by atoms with Gasteiger partial charge >= 0.3 is 0 Å².